The predicted molar refractivity (Wildman–Crippen MR) is 104 cm³/mol. The van der Waals surface area contributed by atoms with E-state index in [4.69, 9.17) is 9.84 Å². The molecule has 4 atom stereocenters. The normalized spacial score (nSPS) is 36.9. The molecule has 0 aromatic carbocycles. The molecule has 0 aromatic rings. The van der Waals surface area contributed by atoms with E-state index < -0.39 is 11.6 Å². The van der Waals surface area contributed by atoms with Gasteiger partial charge < -0.3 is 9.84 Å². The van der Waals surface area contributed by atoms with E-state index in [9.17, 15) is 14.4 Å². The summed E-state index contributed by atoms with van der Waals surface area (Å²) in [5.41, 5.74) is 3.24. The average molecular weight is 386 g/mol. The summed E-state index contributed by atoms with van der Waals surface area (Å²) in [6.45, 7) is 4.39. The molecule has 2 saturated carbocycles. The van der Waals surface area contributed by atoms with Gasteiger partial charge in [0, 0.05) is 17.8 Å². The van der Waals surface area contributed by atoms with Crippen molar-refractivity contribution in [2.45, 2.75) is 83.7 Å². The van der Waals surface area contributed by atoms with Gasteiger partial charge in [-0.25, -0.2) is 0 Å². The predicted octanol–water partition coefficient (Wildman–Crippen LogP) is 4.36. The molecule has 0 aromatic heterocycles. The second kappa shape index (κ2) is 6.85. The van der Waals surface area contributed by atoms with Crippen molar-refractivity contribution in [3.05, 3.63) is 22.8 Å². The Bertz CT molecular complexity index is 791. The van der Waals surface area contributed by atoms with Gasteiger partial charge in [-0.2, -0.15) is 0 Å². The Labute approximate surface area is 166 Å². The van der Waals surface area contributed by atoms with Gasteiger partial charge in [0.15, 0.2) is 5.78 Å². The quantitative estimate of drug-likeness (QED) is 0.726. The molecule has 0 aliphatic heterocycles. The number of carbonyl (C=O) groups is 3. The van der Waals surface area contributed by atoms with E-state index in [1.165, 1.54) is 16.7 Å². The lowest BCUT2D eigenvalue weighted by atomic mass is 9.53. The summed E-state index contributed by atoms with van der Waals surface area (Å²) in [6, 6.07) is 0. The zero-order valence-corrected chi connectivity index (χ0v) is 16.9. The second-order valence-electron chi connectivity index (χ2n) is 9.41. The fourth-order valence-corrected chi connectivity index (χ4v) is 6.51. The van der Waals surface area contributed by atoms with Gasteiger partial charge in [0.25, 0.3) is 0 Å². The van der Waals surface area contributed by atoms with Crippen LogP contribution in [0.2, 0.25) is 0 Å². The van der Waals surface area contributed by atoms with Crippen molar-refractivity contribution in [3.63, 3.8) is 0 Å². The number of carbonyl (C=O) groups excluding carboxylic acids is 2. The van der Waals surface area contributed by atoms with Crippen LogP contribution in [-0.2, 0) is 19.1 Å². The van der Waals surface area contributed by atoms with Gasteiger partial charge in [-0.05, 0) is 75.0 Å². The van der Waals surface area contributed by atoms with E-state index in [0.717, 1.165) is 44.9 Å². The first-order valence-corrected chi connectivity index (χ1v) is 10.6. The molecule has 0 spiro atoms. The van der Waals surface area contributed by atoms with Gasteiger partial charge in [0.2, 0.25) is 0 Å². The van der Waals surface area contributed by atoms with Crippen LogP contribution in [0.1, 0.15) is 78.1 Å². The highest BCUT2D eigenvalue weighted by atomic mass is 16.6. The van der Waals surface area contributed by atoms with E-state index >= 15 is 0 Å². The average Bonchev–Trinajstić information content (AvgIpc) is 2.98. The molecule has 4 aliphatic carbocycles. The Morgan fingerprint density at radius 1 is 1.21 bits per heavy atom. The summed E-state index contributed by atoms with van der Waals surface area (Å²) in [4.78, 5) is 35.5. The maximum atomic E-state index is 12.6. The van der Waals surface area contributed by atoms with Crippen LogP contribution in [0, 0.1) is 17.3 Å². The molecule has 0 bridgehead atoms. The van der Waals surface area contributed by atoms with Crippen LogP contribution >= 0.6 is 0 Å². The van der Waals surface area contributed by atoms with Gasteiger partial charge in [-0.3, -0.25) is 14.4 Å². The number of hydrogen-bond donors (Lipinski definition) is 1. The SMILES string of the molecule is CC1=C2CC[C@@]3(C)CCCC3(OC(=O)CCC(=O)O)C2CC2CCC(=O)C=C12. The third kappa shape index (κ3) is 2.94. The number of ketones is 1. The van der Waals surface area contributed by atoms with Crippen LogP contribution in [0.15, 0.2) is 22.8 Å². The molecule has 0 amide bonds. The molecule has 4 rings (SSSR count). The van der Waals surface area contributed by atoms with Crippen molar-refractivity contribution in [1.29, 1.82) is 0 Å². The Morgan fingerprint density at radius 3 is 2.75 bits per heavy atom. The van der Waals surface area contributed by atoms with E-state index in [-0.39, 0.29) is 35.9 Å². The number of esters is 1. The Kier molecular flexibility index (Phi) is 4.75. The van der Waals surface area contributed by atoms with Crippen LogP contribution in [0.3, 0.4) is 0 Å². The van der Waals surface area contributed by atoms with Crippen molar-refractivity contribution < 1.29 is 24.2 Å². The number of carboxylic acid groups (broad SMARTS) is 1. The van der Waals surface area contributed by atoms with Crippen molar-refractivity contribution in [3.8, 4) is 0 Å². The second-order valence-corrected chi connectivity index (χ2v) is 9.41. The highest BCUT2D eigenvalue weighted by Crippen LogP contribution is 2.64. The van der Waals surface area contributed by atoms with Gasteiger partial charge in [-0.1, -0.05) is 12.5 Å². The summed E-state index contributed by atoms with van der Waals surface area (Å²) < 4.78 is 6.25. The van der Waals surface area contributed by atoms with Crippen molar-refractivity contribution in [1.82, 2.24) is 0 Å². The minimum absolute atomic E-state index is 0.0496. The number of ether oxygens (including phenoxy) is 1. The molecule has 0 radical (unpaired) electrons. The molecule has 5 heteroatoms. The molecule has 0 heterocycles. The largest absolute Gasteiger partial charge is 0.481 e. The van der Waals surface area contributed by atoms with E-state index in [1.54, 1.807) is 0 Å². The highest BCUT2D eigenvalue weighted by Gasteiger charge is 2.63. The molecular weight excluding hydrogens is 356 g/mol. The number of aliphatic carboxylic acids is 1. The van der Waals surface area contributed by atoms with E-state index in [0.29, 0.717) is 12.3 Å². The first-order valence-electron chi connectivity index (χ1n) is 10.6. The number of hydrogen-bond acceptors (Lipinski definition) is 4. The number of allylic oxidation sites excluding steroid dienone is 3. The molecule has 5 nitrogen and oxygen atoms in total. The van der Waals surface area contributed by atoms with E-state index in [2.05, 4.69) is 13.8 Å². The van der Waals surface area contributed by atoms with Gasteiger partial charge in [0.1, 0.15) is 5.60 Å². The van der Waals surface area contributed by atoms with Crippen LogP contribution in [0.4, 0.5) is 0 Å². The number of carboxylic acids is 1. The maximum Gasteiger partial charge on any atom is 0.306 e. The summed E-state index contributed by atoms with van der Waals surface area (Å²) in [7, 11) is 0. The monoisotopic (exact) mass is 386 g/mol. The lowest BCUT2D eigenvalue weighted by Crippen LogP contribution is -2.56. The van der Waals surface area contributed by atoms with Crippen LogP contribution in [0.5, 0.6) is 0 Å². The van der Waals surface area contributed by atoms with Crippen molar-refractivity contribution >= 4 is 17.7 Å². The summed E-state index contributed by atoms with van der Waals surface area (Å²) in [5.74, 6) is -0.569. The minimum Gasteiger partial charge on any atom is -0.481 e. The summed E-state index contributed by atoms with van der Waals surface area (Å²) in [5, 5.41) is 8.93. The van der Waals surface area contributed by atoms with Crippen LogP contribution in [-0.4, -0.2) is 28.4 Å². The minimum atomic E-state index is -0.969. The van der Waals surface area contributed by atoms with Gasteiger partial charge in [0.05, 0.1) is 12.8 Å². The Balaban J connectivity index is 1.71. The fraction of sp³-hybridized carbons (Fsp3) is 0.696. The van der Waals surface area contributed by atoms with Gasteiger partial charge >= 0.3 is 11.9 Å². The molecule has 3 unspecified atom stereocenters. The standard InChI is InChI=1S/C23H30O5/c1-14-17-8-11-22(2)9-3-10-23(22,28-21(27)7-6-20(25)26)19(17)12-15-4-5-16(24)13-18(14)15/h13,15,19H,3-12H2,1-2H3,(H,25,26)/t15?,19?,22-,23?/m1/s1. The molecule has 2 fully saturated rings. The van der Waals surface area contributed by atoms with E-state index in [1.807, 2.05) is 6.08 Å². The highest BCUT2D eigenvalue weighted by molar-refractivity contribution is 5.92. The molecule has 1 N–H and O–H groups in total. The van der Waals surface area contributed by atoms with Crippen LogP contribution in [0.25, 0.3) is 0 Å². The Hall–Kier alpha value is -1.91. The van der Waals surface area contributed by atoms with Crippen molar-refractivity contribution in [2.24, 2.45) is 17.3 Å². The number of rotatable bonds is 4. The molecule has 152 valence electrons. The third-order valence-electron chi connectivity index (χ3n) is 8.00. The van der Waals surface area contributed by atoms with Crippen molar-refractivity contribution in [2.75, 3.05) is 0 Å². The summed E-state index contributed by atoms with van der Waals surface area (Å²) in [6.07, 6.45) is 8.94. The smallest absolute Gasteiger partial charge is 0.306 e. The first-order chi connectivity index (χ1) is 13.3. The number of fused-ring (bicyclic) bond motifs is 4. The van der Waals surface area contributed by atoms with Crippen LogP contribution < -0.4 is 0 Å². The third-order valence-corrected chi connectivity index (χ3v) is 8.00. The lowest BCUT2D eigenvalue weighted by Gasteiger charge is -2.55. The first kappa shape index (κ1) is 19.4. The van der Waals surface area contributed by atoms with Gasteiger partial charge in [-0.15, -0.1) is 0 Å². The zero-order valence-electron chi connectivity index (χ0n) is 16.9. The topological polar surface area (TPSA) is 80.7 Å². The molecule has 0 saturated heterocycles. The molecule has 28 heavy (non-hydrogen) atoms. The zero-order chi connectivity index (χ0) is 20.1. The fourth-order valence-electron chi connectivity index (χ4n) is 6.51. The maximum absolute atomic E-state index is 12.6. The lowest BCUT2D eigenvalue weighted by molar-refractivity contribution is -0.188. The molecular formula is C23H30O5. The summed E-state index contributed by atoms with van der Waals surface area (Å²) >= 11 is 0. The molecule has 4 aliphatic rings. The Morgan fingerprint density at radius 2 is 2.00 bits per heavy atom.